The number of aliphatic hydroxyl groups excluding tert-OH is 1. The molecule has 1 aliphatic carbocycles. The number of nitrogens with one attached hydrogen (secondary N) is 1. The van der Waals surface area contributed by atoms with Gasteiger partial charge in [-0.2, -0.15) is 0 Å². The van der Waals surface area contributed by atoms with Gasteiger partial charge in [0.25, 0.3) is 0 Å². The van der Waals surface area contributed by atoms with Gasteiger partial charge in [0.15, 0.2) is 0 Å². The maximum Gasteiger partial charge on any atom is 0.219 e. The minimum atomic E-state index is 0.197. The van der Waals surface area contributed by atoms with Crippen LogP contribution in [0, 0.1) is 5.92 Å². The van der Waals surface area contributed by atoms with Crippen molar-refractivity contribution < 1.29 is 9.90 Å². The van der Waals surface area contributed by atoms with Gasteiger partial charge in [0.1, 0.15) is 0 Å². The molecule has 4 nitrogen and oxygen atoms in total. The average molecular weight is 282 g/mol. The summed E-state index contributed by atoms with van der Waals surface area (Å²) < 4.78 is 0. The van der Waals surface area contributed by atoms with Gasteiger partial charge in [0.05, 0.1) is 0 Å². The number of piperidine rings is 1. The number of aliphatic hydroxyl groups is 1. The van der Waals surface area contributed by atoms with Crippen molar-refractivity contribution in [2.75, 3.05) is 19.7 Å². The van der Waals surface area contributed by atoms with Crippen LogP contribution >= 0.6 is 0 Å². The fraction of sp³-hybridized carbons (Fsp3) is 0.938. The van der Waals surface area contributed by atoms with Crippen LogP contribution in [0.1, 0.15) is 58.3 Å². The molecule has 1 heterocycles. The van der Waals surface area contributed by atoms with Gasteiger partial charge in [-0.25, -0.2) is 0 Å². The van der Waals surface area contributed by atoms with E-state index in [1.807, 2.05) is 4.90 Å². The molecule has 20 heavy (non-hydrogen) atoms. The second kappa shape index (κ2) is 7.99. The van der Waals surface area contributed by atoms with Crippen LogP contribution in [0.3, 0.4) is 0 Å². The molecule has 1 atom stereocenters. The van der Waals surface area contributed by atoms with Crippen molar-refractivity contribution >= 4 is 5.91 Å². The molecular formula is C16H30N2O2. The first-order valence-electron chi connectivity index (χ1n) is 8.33. The van der Waals surface area contributed by atoms with Crippen molar-refractivity contribution in [3.8, 4) is 0 Å². The summed E-state index contributed by atoms with van der Waals surface area (Å²) in [5.41, 5.74) is 0. The van der Waals surface area contributed by atoms with E-state index in [2.05, 4.69) is 5.32 Å². The third-order valence-electron chi connectivity index (χ3n) is 5.05. The zero-order valence-electron chi connectivity index (χ0n) is 12.8. The number of amides is 1. The Kier molecular flexibility index (Phi) is 6.30. The first kappa shape index (κ1) is 15.8. The van der Waals surface area contributed by atoms with E-state index in [4.69, 9.17) is 0 Å². The SMILES string of the molecule is CC(=O)N1CCC(NC(CCO)C2CCCCC2)CC1. The number of nitrogens with zero attached hydrogens (tertiary/aromatic N) is 1. The standard InChI is InChI=1S/C16H30N2O2/c1-13(20)18-10-7-15(8-11-18)17-16(9-12-19)14-5-3-2-4-6-14/h14-17,19H,2-12H2,1H3. The van der Waals surface area contributed by atoms with Crippen LogP contribution in [0.25, 0.3) is 0 Å². The van der Waals surface area contributed by atoms with E-state index in [9.17, 15) is 9.90 Å². The van der Waals surface area contributed by atoms with Crippen LogP contribution < -0.4 is 5.32 Å². The molecule has 1 saturated heterocycles. The van der Waals surface area contributed by atoms with Gasteiger partial charge in [-0.15, -0.1) is 0 Å². The van der Waals surface area contributed by atoms with Gasteiger partial charge >= 0.3 is 0 Å². The summed E-state index contributed by atoms with van der Waals surface area (Å²) in [5.74, 6) is 0.935. The largest absolute Gasteiger partial charge is 0.396 e. The summed E-state index contributed by atoms with van der Waals surface area (Å²) in [4.78, 5) is 13.3. The van der Waals surface area contributed by atoms with E-state index in [1.165, 1.54) is 32.1 Å². The maximum atomic E-state index is 11.3. The molecule has 0 bridgehead atoms. The Morgan fingerprint density at radius 1 is 1.20 bits per heavy atom. The minimum absolute atomic E-state index is 0.197. The van der Waals surface area contributed by atoms with Gasteiger partial charge in [0, 0.05) is 38.7 Å². The summed E-state index contributed by atoms with van der Waals surface area (Å²) in [7, 11) is 0. The molecule has 0 radical (unpaired) electrons. The summed E-state index contributed by atoms with van der Waals surface area (Å²) in [6, 6.07) is 0.984. The highest BCUT2D eigenvalue weighted by molar-refractivity contribution is 5.73. The first-order chi connectivity index (χ1) is 9.70. The highest BCUT2D eigenvalue weighted by atomic mass is 16.3. The van der Waals surface area contributed by atoms with E-state index >= 15 is 0 Å². The molecule has 1 aliphatic heterocycles. The van der Waals surface area contributed by atoms with E-state index in [-0.39, 0.29) is 12.5 Å². The van der Waals surface area contributed by atoms with E-state index < -0.39 is 0 Å². The quantitative estimate of drug-likeness (QED) is 0.810. The molecule has 2 N–H and O–H groups in total. The van der Waals surface area contributed by atoms with Crippen LogP contribution in [0.4, 0.5) is 0 Å². The molecule has 1 saturated carbocycles. The molecule has 4 heteroatoms. The third kappa shape index (κ3) is 4.45. The average Bonchev–Trinajstić information content (AvgIpc) is 2.48. The number of rotatable bonds is 5. The molecule has 2 fully saturated rings. The lowest BCUT2D eigenvalue weighted by atomic mass is 9.82. The Hall–Kier alpha value is -0.610. The van der Waals surface area contributed by atoms with Crippen molar-refractivity contribution in [1.82, 2.24) is 10.2 Å². The van der Waals surface area contributed by atoms with Crippen LogP contribution in [0.2, 0.25) is 0 Å². The molecule has 116 valence electrons. The predicted molar refractivity (Wildman–Crippen MR) is 80.5 cm³/mol. The molecule has 1 unspecified atom stereocenters. The zero-order chi connectivity index (χ0) is 14.4. The number of hydrogen-bond acceptors (Lipinski definition) is 3. The number of carbonyl (C=O) groups is 1. The van der Waals surface area contributed by atoms with Gasteiger partial charge in [-0.1, -0.05) is 19.3 Å². The highest BCUT2D eigenvalue weighted by Crippen LogP contribution is 2.28. The molecule has 0 spiro atoms. The van der Waals surface area contributed by atoms with Crippen molar-refractivity contribution in [3.05, 3.63) is 0 Å². The number of carbonyl (C=O) groups excluding carboxylic acids is 1. The highest BCUT2D eigenvalue weighted by Gasteiger charge is 2.27. The van der Waals surface area contributed by atoms with Gasteiger partial charge in [0.2, 0.25) is 5.91 Å². The Balaban J connectivity index is 1.81. The molecule has 2 aliphatic rings. The van der Waals surface area contributed by atoms with E-state index in [1.54, 1.807) is 6.92 Å². The van der Waals surface area contributed by atoms with Crippen molar-refractivity contribution in [2.45, 2.75) is 70.4 Å². The first-order valence-corrected chi connectivity index (χ1v) is 8.33. The molecule has 0 aromatic rings. The van der Waals surface area contributed by atoms with Crippen LogP contribution in [-0.4, -0.2) is 47.7 Å². The summed E-state index contributed by atoms with van der Waals surface area (Å²) in [6.07, 6.45) is 9.65. The van der Waals surface area contributed by atoms with Crippen LogP contribution in [-0.2, 0) is 4.79 Å². The summed E-state index contributed by atoms with van der Waals surface area (Å²) >= 11 is 0. The summed E-state index contributed by atoms with van der Waals surface area (Å²) in [6.45, 7) is 3.69. The van der Waals surface area contributed by atoms with Crippen molar-refractivity contribution in [1.29, 1.82) is 0 Å². The van der Waals surface area contributed by atoms with Crippen molar-refractivity contribution in [2.24, 2.45) is 5.92 Å². The minimum Gasteiger partial charge on any atom is -0.396 e. The molecule has 0 aromatic heterocycles. The number of hydrogen-bond donors (Lipinski definition) is 2. The monoisotopic (exact) mass is 282 g/mol. The third-order valence-corrected chi connectivity index (χ3v) is 5.05. The number of likely N-dealkylation sites (tertiary alicyclic amines) is 1. The zero-order valence-corrected chi connectivity index (χ0v) is 12.8. The Morgan fingerprint density at radius 3 is 2.40 bits per heavy atom. The van der Waals surface area contributed by atoms with Gasteiger partial charge in [-0.05, 0) is 38.0 Å². The molecule has 1 amide bonds. The Labute approximate surface area is 122 Å². The normalized spacial score (nSPS) is 23.8. The maximum absolute atomic E-state index is 11.3. The Morgan fingerprint density at radius 2 is 1.85 bits per heavy atom. The lowest BCUT2D eigenvalue weighted by molar-refractivity contribution is -0.129. The Bertz CT molecular complexity index is 295. The predicted octanol–water partition coefficient (Wildman–Crippen LogP) is 1.92. The van der Waals surface area contributed by atoms with E-state index in [0.29, 0.717) is 12.1 Å². The summed E-state index contributed by atoms with van der Waals surface area (Å²) in [5, 5.41) is 13.1. The second-order valence-electron chi connectivity index (χ2n) is 6.46. The fourth-order valence-electron chi connectivity index (χ4n) is 3.79. The van der Waals surface area contributed by atoms with Gasteiger partial charge in [-0.3, -0.25) is 4.79 Å². The lowest BCUT2D eigenvalue weighted by Crippen LogP contribution is -2.49. The topological polar surface area (TPSA) is 52.6 Å². The van der Waals surface area contributed by atoms with Crippen LogP contribution in [0.15, 0.2) is 0 Å². The molecule has 0 aromatic carbocycles. The second-order valence-corrected chi connectivity index (χ2v) is 6.46. The fourth-order valence-corrected chi connectivity index (χ4v) is 3.79. The molecule has 2 rings (SSSR count). The van der Waals surface area contributed by atoms with Crippen LogP contribution in [0.5, 0.6) is 0 Å². The van der Waals surface area contributed by atoms with Gasteiger partial charge < -0.3 is 15.3 Å². The van der Waals surface area contributed by atoms with Crippen molar-refractivity contribution in [3.63, 3.8) is 0 Å². The van der Waals surface area contributed by atoms with E-state index in [0.717, 1.165) is 38.3 Å². The molecular weight excluding hydrogens is 252 g/mol. The lowest BCUT2D eigenvalue weighted by Gasteiger charge is -2.37. The smallest absolute Gasteiger partial charge is 0.219 e.